The molecule has 2 aliphatic rings. The zero-order chi connectivity index (χ0) is 18.5. The molecule has 0 bridgehead atoms. The highest BCUT2D eigenvalue weighted by Crippen LogP contribution is 2.54. The van der Waals surface area contributed by atoms with Gasteiger partial charge in [-0.1, -0.05) is 70.5 Å². The van der Waals surface area contributed by atoms with Crippen LogP contribution in [0.1, 0.15) is 36.4 Å². The predicted molar refractivity (Wildman–Crippen MR) is 114 cm³/mol. The van der Waals surface area contributed by atoms with E-state index >= 15 is 0 Å². The second-order valence-corrected chi connectivity index (χ2v) is 8.37. The molecule has 3 aromatic carbocycles. The number of allylic oxidation sites excluding steroid dienone is 2. The van der Waals surface area contributed by atoms with Crippen LogP contribution in [0.3, 0.4) is 0 Å². The molecule has 3 atom stereocenters. The summed E-state index contributed by atoms with van der Waals surface area (Å²) >= 11 is 3.53. The number of hydrogen-bond donors (Lipinski definition) is 0. The summed E-state index contributed by atoms with van der Waals surface area (Å²) < 4.78 is 1.06. The minimum absolute atomic E-state index is 0.0595. The van der Waals surface area contributed by atoms with Crippen molar-refractivity contribution in [1.29, 1.82) is 0 Å². The molecule has 1 aliphatic heterocycles. The molecule has 2 nitrogen and oxygen atoms in total. The number of halogens is 1. The lowest BCUT2D eigenvalue weighted by Gasteiger charge is -2.44. The third kappa shape index (κ3) is 2.56. The highest BCUT2D eigenvalue weighted by Gasteiger charge is 2.44. The molecule has 0 radical (unpaired) electrons. The van der Waals surface area contributed by atoms with Crippen LogP contribution in [0.4, 0.5) is 5.69 Å². The first-order chi connectivity index (χ1) is 13.1. The normalized spacial score (nSPS) is 23.3. The van der Waals surface area contributed by atoms with E-state index in [0.29, 0.717) is 11.8 Å². The number of hydrogen-bond acceptors (Lipinski definition) is 1. The largest absolute Gasteiger partial charge is 0.305 e. The van der Waals surface area contributed by atoms with Crippen LogP contribution in [0.5, 0.6) is 0 Å². The van der Waals surface area contributed by atoms with E-state index in [0.717, 1.165) is 16.6 Å². The van der Waals surface area contributed by atoms with Crippen molar-refractivity contribution < 1.29 is 4.79 Å². The summed E-state index contributed by atoms with van der Waals surface area (Å²) in [6.45, 7) is 1.69. The van der Waals surface area contributed by atoms with Crippen LogP contribution in [0.2, 0.25) is 0 Å². The van der Waals surface area contributed by atoms with Crippen molar-refractivity contribution in [2.45, 2.75) is 25.3 Å². The number of benzene rings is 3. The van der Waals surface area contributed by atoms with Crippen molar-refractivity contribution in [3.05, 3.63) is 88.4 Å². The zero-order valence-electron chi connectivity index (χ0n) is 15.1. The molecular formula is C24H20BrNO. The molecule has 27 heavy (non-hydrogen) atoms. The second kappa shape index (κ2) is 6.35. The number of carbonyl (C=O) groups is 1. The SMILES string of the molecule is CC(=O)N1c2ccc3ccccc3c2[C@@H]2C=CC[C@@H]2[C@@H]1c1ccc(Br)cc1. The summed E-state index contributed by atoms with van der Waals surface area (Å²) in [7, 11) is 0. The van der Waals surface area contributed by atoms with Crippen molar-refractivity contribution in [2.75, 3.05) is 4.90 Å². The lowest BCUT2D eigenvalue weighted by molar-refractivity contribution is -0.117. The van der Waals surface area contributed by atoms with Gasteiger partial charge in [0.05, 0.1) is 6.04 Å². The molecule has 3 aromatic rings. The van der Waals surface area contributed by atoms with Crippen LogP contribution in [0.15, 0.2) is 77.3 Å². The summed E-state index contributed by atoms with van der Waals surface area (Å²) in [6.07, 6.45) is 5.63. The number of amides is 1. The van der Waals surface area contributed by atoms with Gasteiger partial charge >= 0.3 is 0 Å². The maximum Gasteiger partial charge on any atom is 0.224 e. The maximum atomic E-state index is 12.8. The molecular weight excluding hydrogens is 398 g/mol. The first-order valence-corrected chi connectivity index (χ1v) is 10.2. The monoisotopic (exact) mass is 417 g/mol. The Balaban J connectivity index is 1.78. The molecule has 0 saturated carbocycles. The topological polar surface area (TPSA) is 20.3 Å². The van der Waals surface area contributed by atoms with Gasteiger partial charge in [-0.05, 0) is 52.4 Å². The lowest BCUT2D eigenvalue weighted by atomic mass is 9.74. The molecule has 5 rings (SSSR count). The Morgan fingerprint density at radius 2 is 1.81 bits per heavy atom. The summed E-state index contributed by atoms with van der Waals surface area (Å²) in [5, 5.41) is 2.50. The number of rotatable bonds is 1. The second-order valence-electron chi connectivity index (χ2n) is 7.46. The first kappa shape index (κ1) is 16.8. The van der Waals surface area contributed by atoms with E-state index in [1.54, 1.807) is 6.92 Å². The molecule has 0 saturated heterocycles. The van der Waals surface area contributed by atoms with E-state index < -0.39 is 0 Å². The third-order valence-electron chi connectivity index (χ3n) is 5.99. The van der Waals surface area contributed by atoms with E-state index in [1.807, 2.05) is 4.90 Å². The van der Waals surface area contributed by atoms with E-state index in [9.17, 15) is 4.79 Å². The van der Waals surface area contributed by atoms with Gasteiger partial charge in [-0.15, -0.1) is 0 Å². The van der Waals surface area contributed by atoms with Gasteiger partial charge in [0.2, 0.25) is 5.91 Å². The fraction of sp³-hybridized carbons (Fsp3) is 0.208. The quantitative estimate of drug-likeness (QED) is 0.421. The van der Waals surface area contributed by atoms with Gasteiger partial charge in [0.25, 0.3) is 0 Å². The van der Waals surface area contributed by atoms with Crippen molar-refractivity contribution in [1.82, 2.24) is 0 Å². The molecule has 1 amide bonds. The third-order valence-corrected chi connectivity index (χ3v) is 6.52. The van der Waals surface area contributed by atoms with Crippen LogP contribution in [-0.2, 0) is 4.79 Å². The van der Waals surface area contributed by atoms with Gasteiger partial charge in [0.15, 0.2) is 0 Å². The fourth-order valence-electron chi connectivity index (χ4n) is 4.91. The van der Waals surface area contributed by atoms with Gasteiger partial charge in [0, 0.05) is 23.0 Å². The standard InChI is InChI=1S/C24H20BrNO/c1-15(27)26-22-14-11-16-5-2-3-6-19(16)23(22)20-7-4-8-21(20)24(26)17-9-12-18(25)13-10-17/h2-7,9-14,20-21,24H,8H2,1H3/t20-,21+,24+/m1/s1. The van der Waals surface area contributed by atoms with Crippen LogP contribution < -0.4 is 4.90 Å². The van der Waals surface area contributed by atoms with Gasteiger partial charge < -0.3 is 4.90 Å². The lowest BCUT2D eigenvalue weighted by Crippen LogP contribution is -2.42. The van der Waals surface area contributed by atoms with E-state index in [-0.39, 0.29) is 11.9 Å². The van der Waals surface area contributed by atoms with Crippen LogP contribution in [-0.4, -0.2) is 5.91 Å². The number of nitrogens with zero attached hydrogens (tertiary/aromatic N) is 1. The Morgan fingerprint density at radius 3 is 2.59 bits per heavy atom. The molecule has 0 fully saturated rings. The maximum absolute atomic E-state index is 12.8. The molecule has 0 aromatic heterocycles. The zero-order valence-corrected chi connectivity index (χ0v) is 16.7. The summed E-state index contributed by atoms with van der Waals surface area (Å²) in [5.74, 6) is 0.813. The van der Waals surface area contributed by atoms with Gasteiger partial charge in [0.1, 0.15) is 0 Å². The molecule has 0 spiro atoms. The van der Waals surface area contributed by atoms with Crippen LogP contribution in [0, 0.1) is 5.92 Å². The Labute approximate surface area is 167 Å². The van der Waals surface area contributed by atoms with E-state index in [2.05, 4.69) is 88.7 Å². The van der Waals surface area contributed by atoms with E-state index in [4.69, 9.17) is 0 Å². The number of anilines is 1. The van der Waals surface area contributed by atoms with Gasteiger partial charge in [-0.3, -0.25) is 4.79 Å². The predicted octanol–water partition coefficient (Wildman–Crippen LogP) is 6.37. The van der Waals surface area contributed by atoms with Crippen molar-refractivity contribution in [3.8, 4) is 0 Å². The fourth-order valence-corrected chi connectivity index (χ4v) is 5.18. The van der Waals surface area contributed by atoms with Crippen LogP contribution >= 0.6 is 15.9 Å². The van der Waals surface area contributed by atoms with Gasteiger partial charge in [-0.25, -0.2) is 0 Å². The molecule has 3 heteroatoms. The number of carbonyl (C=O) groups excluding carboxylic acids is 1. The highest BCUT2D eigenvalue weighted by atomic mass is 79.9. The minimum Gasteiger partial charge on any atom is -0.305 e. The van der Waals surface area contributed by atoms with E-state index in [1.165, 1.54) is 21.9 Å². The molecule has 0 N–H and O–H groups in total. The van der Waals surface area contributed by atoms with Crippen LogP contribution in [0.25, 0.3) is 10.8 Å². The van der Waals surface area contributed by atoms with Crippen molar-refractivity contribution in [3.63, 3.8) is 0 Å². The Bertz CT molecular complexity index is 1070. The minimum atomic E-state index is 0.0595. The number of fused-ring (bicyclic) bond motifs is 5. The Morgan fingerprint density at radius 1 is 1.04 bits per heavy atom. The smallest absolute Gasteiger partial charge is 0.224 e. The van der Waals surface area contributed by atoms with Crippen molar-refractivity contribution in [2.24, 2.45) is 5.92 Å². The summed E-state index contributed by atoms with van der Waals surface area (Å²) in [5.41, 5.74) is 3.56. The summed E-state index contributed by atoms with van der Waals surface area (Å²) in [4.78, 5) is 14.9. The average molecular weight is 418 g/mol. The van der Waals surface area contributed by atoms with Gasteiger partial charge in [-0.2, -0.15) is 0 Å². The molecule has 0 unspecified atom stereocenters. The highest BCUT2D eigenvalue weighted by molar-refractivity contribution is 9.10. The Kier molecular flexibility index (Phi) is 3.94. The van der Waals surface area contributed by atoms with Crippen molar-refractivity contribution >= 4 is 38.3 Å². The first-order valence-electron chi connectivity index (χ1n) is 9.39. The average Bonchev–Trinajstić information content (AvgIpc) is 3.16. The summed E-state index contributed by atoms with van der Waals surface area (Å²) in [6, 6.07) is 21.3. The molecule has 134 valence electrons. The molecule has 1 aliphatic carbocycles. The molecule has 1 heterocycles. The Hall–Kier alpha value is -2.39.